The maximum Gasteiger partial charge on any atom is 0.338 e. The van der Waals surface area contributed by atoms with Crippen molar-refractivity contribution < 1.29 is 9.53 Å². The number of carbonyl (C=O) groups is 1. The van der Waals surface area contributed by atoms with Crippen molar-refractivity contribution in [3.8, 4) is 0 Å². The molecule has 110 valence electrons. The van der Waals surface area contributed by atoms with E-state index >= 15 is 0 Å². The first kappa shape index (κ1) is 15.3. The Kier molecular flexibility index (Phi) is 5.52. The second-order valence-electron chi connectivity index (χ2n) is 4.95. The quantitative estimate of drug-likeness (QED) is 0.829. The molecular formula is C18H21NO2. The smallest absolute Gasteiger partial charge is 0.338 e. The van der Waals surface area contributed by atoms with E-state index in [0.29, 0.717) is 18.7 Å². The van der Waals surface area contributed by atoms with Crippen LogP contribution in [0.4, 0.5) is 0 Å². The third kappa shape index (κ3) is 4.43. The van der Waals surface area contributed by atoms with E-state index in [2.05, 4.69) is 24.3 Å². The molecule has 2 rings (SSSR count). The lowest BCUT2D eigenvalue weighted by atomic mass is 10.0. The Morgan fingerprint density at radius 3 is 2.00 bits per heavy atom. The molecule has 0 saturated heterocycles. The van der Waals surface area contributed by atoms with Crippen LogP contribution in [-0.4, -0.2) is 19.1 Å². The van der Waals surface area contributed by atoms with E-state index in [1.54, 1.807) is 6.92 Å². The fourth-order valence-electron chi connectivity index (χ4n) is 2.20. The van der Waals surface area contributed by atoms with Crippen LogP contribution in [0, 0.1) is 0 Å². The van der Waals surface area contributed by atoms with Crippen molar-refractivity contribution in [1.29, 1.82) is 0 Å². The first-order valence-corrected chi connectivity index (χ1v) is 7.27. The number of carbonyl (C=O) groups excluding carboxylic acids is 1. The fraction of sp³-hybridized carbons (Fsp3) is 0.278. The Morgan fingerprint density at radius 1 is 0.952 bits per heavy atom. The lowest BCUT2D eigenvalue weighted by Crippen LogP contribution is -2.04. The van der Waals surface area contributed by atoms with Crippen molar-refractivity contribution in [2.24, 2.45) is 5.73 Å². The largest absolute Gasteiger partial charge is 0.462 e. The highest BCUT2D eigenvalue weighted by Gasteiger charge is 2.05. The SMILES string of the molecule is CCOC(=O)c1ccc(Cc2ccc(CCN)cc2)cc1. The predicted molar refractivity (Wildman–Crippen MR) is 84.4 cm³/mol. The van der Waals surface area contributed by atoms with Crippen LogP contribution < -0.4 is 5.73 Å². The maximum absolute atomic E-state index is 11.6. The van der Waals surface area contributed by atoms with Crippen LogP contribution in [-0.2, 0) is 17.6 Å². The molecule has 3 nitrogen and oxygen atoms in total. The summed E-state index contributed by atoms with van der Waals surface area (Å²) in [7, 11) is 0. The highest BCUT2D eigenvalue weighted by atomic mass is 16.5. The van der Waals surface area contributed by atoms with Gasteiger partial charge in [-0.2, -0.15) is 0 Å². The summed E-state index contributed by atoms with van der Waals surface area (Å²) in [4.78, 5) is 11.6. The molecular weight excluding hydrogens is 262 g/mol. The summed E-state index contributed by atoms with van der Waals surface area (Å²) >= 11 is 0. The van der Waals surface area contributed by atoms with Crippen LogP contribution in [0.15, 0.2) is 48.5 Å². The zero-order valence-corrected chi connectivity index (χ0v) is 12.3. The first-order chi connectivity index (χ1) is 10.2. The molecule has 0 saturated carbocycles. The molecule has 0 radical (unpaired) electrons. The molecule has 0 unspecified atom stereocenters. The second-order valence-corrected chi connectivity index (χ2v) is 4.95. The zero-order chi connectivity index (χ0) is 15.1. The van der Waals surface area contributed by atoms with Gasteiger partial charge in [0.1, 0.15) is 0 Å². The van der Waals surface area contributed by atoms with E-state index in [-0.39, 0.29) is 5.97 Å². The molecule has 2 N–H and O–H groups in total. The van der Waals surface area contributed by atoms with Gasteiger partial charge in [0.2, 0.25) is 0 Å². The number of rotatable bonds is 6. The molecule has 3 heteroatoms. The van der Waals surface area contributed by atoms with E-state index in [1.807, 2.05) is 24.3 Å². The normalized spacial score (nSPS) is 10.4. The van der Waals surface area contributed by atoms with Crippen molar-refractivity contribution in [3.63, 3.8) is 0 Å². The number of benzene rings is 2. The average Bonchev–Trinajstić information content (AvgIpc) is 2.50. The number of hydrogen-bond acceptors (Lipinski definition) is 3. The van der Waals surface area contributed by atoms with Gasteiger partial charge in [0.25, 0.3) is 0 Å². The van der Waals surface area contributed by atoms with Gasteiger partial charge in [0.15, 0.2) is 0 Å². The van der Waals surface area contributed by atoms with Crippen molar-refractivity contribution in [2.75, 3.05) is 13.2 Å². The minimum Gasteiger partial charge on any atom is -0.462 e. The summed E-state index contributed by atoms with van der Waals surface area (Å²) in [6.45, 7) is 2.88. The van der Waals surface area contributed by atoms with Gasteiger partial charge in [-0.1, -0.05) is 36.4 Å². The maximum atomic E-state index is 11.6. The second kappa shape index (κ2) is 7.60. The predicted octanol–water partition coefficient (Wildman–Crippen LogP) is 2.96. The molecule has 21 heavy (non-hydrogen) atoms. The van der Waals surface area contributed by atoms with Crippen molar-refractivity contribution in [2.45, 2.75) is 19.8 Å². The van der Waals surface area contributed by atoms with Gasteiger partial charge >= 0.3 is 5.97 Å². The Bertz CT molecular complexity index is 573. The molecule has 0 aliphatic carbocycles. The van der Waals surface area contributed by atoms with Gasteiger partial charge in [0.05, 0.1) is 12.2 Å². The Balaban J connectivity index is 2.01. The molecule has 0 aromatic heterocycles. The summed E-state index contributed by atoms with van der Waals surface area (Å²) < 4.78 is 4.97. The van der Waals surface area contributed by atoms with Gasteiger partial charge in [-0.25, -0.2) is 4.79 Å². The third-order valence-corrected chi connectivity index (χ3v) is 3.33. The van der Waals surface area contributed by atoms with Gasteiger partial charge < -0.3 is 10.5 Å². The van der Waals surface area contributed by atoms with Crippen LogP contribution >= 0.6 is 0 Å². The standard InChI is InChI=1S/C18H21NO2/c1-2-21-18(20)17-9-7-16(8-10-17)13-15-5-3-14(4-6-15)11-12-19/h3-10H,2,11-13,19H2,1H3. The van der Waals surface area contributed by atoms with Gasteiger partial charge in [-0.05, 0) is 55.1 Å². The minimum atomic E-state index is -0.268. The van der Waals surface area contributed by atoms with E-state index in [0.717, 1.165) is 12.8 Å². The molecule has 0 spiro atoms. The number of nitrogens with two attached hydrogens (primary N) is 1. The van der Waals surface area contributed by atoms with Gasteiger partial charge in [-0.15, -0.1) is 0 Å². The number of hydrogen-bond donors (Lipinski definition) is 1. The fourth-order valence-corrected chi connectivity index (χ4v) is 2.20. The zero-order valence-electron chi connectivity index (χ0n) is 12.3. The van der Waals surface area contributed by atoms with E-state index in [9.17, 15) is 4.79 Å². The monoisotopic (exact) mass is 283 g/mol. The van der Waals surface area contributed by atoms with Crippen LogP contribution in [0.5, 0.6) is 0 Å². The van der Waals surface area contributed by atoms with Gasteiger partial charge in [-0.3, -0.25) is 0 Å². The number of ether oxygens (including phenoxy) is 1. The Morgan fingerprint density at radius 2 is 1.48 bits per heavy atom. The summed E-state index contributed by atoms with van der Waals surface area (Å²) in [6, 6.07) is 16.1. The van der Waals surface area contributed by atoms with Crippen LogP contribution in [0.2, 0.25) is 0 Å². The molecule has 0 amide bonds. The summed E-state index contributed by atoms with van der Waals surface area (Å²) in [6.07, 6.45) is 1.76. The van der Waals surface area contributed by atoms with E-state index in [1.165, 1.54) is 16.7 Å². The molecule has 0 heterocycles. The molecule has 2 aromatic rings. The van der Waals surface area contributed by atoms with Crippen LogP contribution in [0.25, 0.3) is 0 Å². The van der Waals surface area contributed by atoms with Crippen LogP contribution in [0.1, 0.15) is 34.0 Å². The topological polar surface area (TPSA) is 52.3 Å². The third-order valence-electron chi connectivity index (χ3n) is 3.33. The van der Waals surface area contributed by atoms with Crippen LogP contribution in [0.3, 0.4) is 0 Å². The molecule has 0 aliphatic rings. The lowest BCUT2D eigenvalue weighted by Gasteiger charge is -2.06. The molecule has 0 fully saturated rings. The Hall–Kier alpha value is -2.13. The minimum absolute atomic E-state index is 0.268. The molecule has 0 bridgehead atoms. The Labute approximate surface area is 125 Å². The molecule has 2 aromatic carbocycles. The number of esters is 1. The average molecular weight is 283 g/mol. The van der Waals surface area contributed by atoms with E-state index < -0.39 is 0 Å². The summed E-state index contributed by atoms with van der Waals surface area (Å²) in [5.74, 6) is -0.268. The molecule has 0 atom stereocenters. The first-order valence-electron chi connectivity index (χ1n) is 7.27. The van der Waals surface area contributed by atoms with Crippen molar-refractivity contribution in [1.82, 2.24) is 0 Å². The van der Waals surface area contributed by atoms with Crippen molar-refractivity contribution >= 4 is 5.97 Å². The van der Waals surface area contributed by atoms with Gasteiger partial charge in [0, 0.05) is 0 Å². The summed E-state index contributed by atoms with van der Waals surface area (Å²) in [5.41, 5.74) is 9.83. The lowest BCUT2D eigenvalue weighted by molar-refractivity contribution is 0.0526. The summed E-state index contributed by atoms with van der Waals surface area (Å²) in [5, 5.41) is 0. The highest BCUT2D eigenvalue weighted by molar-refractivity contribution is 5.89. The highest BCUT2D eigenvalue weighted by Crippen LogP contribution is 2.13. The molecule has 0 aliphatic heterocycles. The van der Waals surface area contributed by atoms with Crippen molar-refractivity contribution in [3.05, 3.63) is 70.8 Å². The van der Waals surface area contributed by atoms with E-state index in [4.69, 9.17) is 10.5 Å².